The lowest BCUT2D eigenvalue weighted by atomic mass is 10.1. The maximum atomic E-state index is 12.3. The van der Waals surface area contributed by atoms with Crippen LogP contribution >= 0.6 is 11.6 Å². The van der Waals surface area contributed by atoms with Gasteiger partial charge in [0, 0.05) is 22.5 Å². The molecule has 124 valence electrons. The summed E-state index contributed by atoms with van der Waals surface area (Å²) < 4.78 is 5.12. The second kappa shape index (κ2) is 6.70. The van der Waals surface area contributed by atoms with Crippen LogP contribution in [0.2, 0.25) is 5.02 Å². The highest BCUT2D eigenvalue weighted by Crippen LogP contribution is 2.19. The summed E-state index contributed by atoms with van der Waals surface area (Å²) in [6, 6.07) is 11.8. The van der Waals surface area contributed by atoms with E-state index in [0.29, 0.717) is 21.6 Å². The molecule has 0 fully saturated rings. The molecule has 3 rings (SSSR count). The predicted molar refractivity (Wildman–Crippen MR) is 94.0 cm³/mol. The average molecular weight is 356 g/mol. The fraction of sp³-hybridized carbons (Fsp3) is 0. The van der Waals surface area contributed by atoms with Crippen LogP contribution in [0.25, 0.3) is 17.0 Å². The van der Waals surface area contributed by atoms with Crippen LogP contribution in [0.3, 0.4) is 0 Å². The summed E-state index contributed by atoms with van der Waals surface area (Å²) in [5.41, 5.74) is 0.0223. The molecule has 0 amide bonds. The number of nitrogens with zero attached hydrogens (tertiary/aromatic N) is 1. The topological polar surface area (TPSA) is 90.4 Å². The first kappa shape index (κ1) is 16.6. The van der Waals surface area contributed by atoms with Crippen molar-refractivity contribution in [2.45, 2.75) is 0 Å². The van der Waals surface area contributed by atoms with Crippen LogP contribution in [-0.4, -0.2) is 10.7 Å². The van der Waals surface area contributed by atoms with E-state index in [2.05, 4.69) is 0 Å². The van der Waals surface area contributed by atoms with Crippen LogP contribution in [0.4, 0.5) is 5.69 Å². The van der Waals surface area contributed by atoms with Crippen molar-refractivity contribution in [3.63, 3.8) is 0 Å². The number of non-ortho nitro benzene ring substituents is 1. The van der Waals surface area contributed by atoms with Crippen LogP contribution in [0.15, 0.2) is 63.8 Å². The van der Waals surface area contributed by atoms with E-state index in [1.54, 1.807) is 18.2 Å². The summed E-state index contributed by atoms with van der Waals surface area (Å²) in [5, 5.41) is 11.6. The molecule has 2 aromatic carbocycles. The van der Waals surface area contributed by atoms with Gasteiger partial charge in [-0.2, -0.15) is 0 Å². The van der Waals surface area contributed by atoms with E-state index >= 15 is 0 Å². The molecule has 0 bridgehead atoms. The largest absolute Gasteiger partial charge is 0.422 e. The van der Waals surface area contributed by atoms with Gasteiger partial charge < -0.3 is 4.42 Å². The van der Waals surface area contributed by atoms with Gasteiger partial charge in [0.15, 0.2) is 5.78 Å². The van der Waals surface area contributed by atoms with E-state index < -0.39 is 16.3 Å². The van der Waals surface area contributed by atoms with E-state index in [0.717, 1.165) is 0 Å². The molecule has 0 radical (unpaired) electrons. The number of halogens is 1. The van der Waals surface area contributed by atoms with Crippen LogP contribution in [-0.2, 0) is 0 Å². The summed E-state index contributed by atoms with van der Waals surface area (Å²) in [4.78, 5) is 34.3. The van der Waals surface area contributed by atoms with Crippen molar-refractivity contribution in [3.8, 4) is 0 Å². The Labute approximate surface area is 146 Å². The normalized spacial score (nSPS) is 11.1. The van der Waals surface area contributed by atoms with Crippen molar-refractivity contribution in [1.82, 2.24) is 0 Å². The molecule has 0 aliphatic rings. The number of allylic oxidation sites excluding steroid dienone is 1. The van der Waals surface area contributed by atoms with E-state index in [4.69, 9.17) is 16.0 Å². The van der Waals surface area contributed by atoms with Gasteiger partial charge >= 0.3 is 5.63 Å². The molecular formula is C18H10ClNO5. The molecule has 0 atom stereocenters. The smallest absolute Gasteiger partial charge is 0.347 e. The van der Waals surface area contributed by atoms with Gasteiger partial charge in [-0.05, 0) is 48.0 Å². The number of nitro benzene ring substituents is 1. The molecule has 0 saturated carbocycles. The SMILES string of the molecule is O=C(/C=C/c1ccc([N+](=O)[O-])cc1)c1cc2cc(Cl)ccc2oc1=O. The molecule has 0 spiro atoms. The fourth-order valence-corrected chi connectivity index (χ4v) is 2.42. The molecule has 25 heavy (non-hydrogen) atoms. The number of carbonyl (C=O) groups excluding carboxylic acids is 1. The van der Waals surface area contributed by atoms with E-state index in [-0.39, 0.29) is 11.3 Å². The summed E-state index contributed by atoms with van der Waals surface area (Å²) in [6.07, 6.45) is 2.68. The van der Waals surface area contributed by atoms with E-state index in [1.807, 2.05) is 0 Å². The van der Waals surface area contributed by atoms with E-state index in [9.17, 15) is 19.7 Å². The minimum atomic E-state index is -0.742. The molecule has 0 aliphatic carbocycles. The predicted octanol–water partition coefficient (Wildman–Crippen LogP) is 4.25. The highest BCUT2D eigenvalue weighted by Gasteiger charge is 2.11. The Morgan fingerprint density at radius 2 is 1.84 bits per heavy atom. The first-order valence-electron chi connectivity index (χ1n) is 7.14. The minimum absolute atomic E-state index is 0.0458. The Balaban J connectivity index is 1.90. The van der Waals surface area contributed by atoms with Crippen molar-refractivity contribution < 1.29 is 14.1 Å². The first-order valence-corrected chi connectivity index (χ1v) is 7.52. The zero-order valence-electron chi connectivity index (χ0n) is 12.6. The number of hydrogen-bond donors (Lipinski definition) is 0. The lowest BCUT2D eigenvalue weighted by Crippen LogP contribution is -2.11. The summed E-state index contributed by atoms with van der Waals surface area (Å²) in [6.45, 7) is 0. The highest BCUT2D eigenvalue weighted by molar-refractivity contribution is 6.31. The third-order valence-corrected chi connectivity index (χ3v) is 3.73. The number of carbonyl (C=O) groups is 1. The zero-order valence-corrected chi connectivity index (χ0v) is 13.4. The number of hydrogen-bond acceptors (Lipinski definition) is 5. The van der Waals surface area contributed by atoms with Gasteiger partial charge in [-0.1, -0.05) is 17.7 Å². The number of nitro groups is 1. The van der Waals surface area contributed by atoms with Gasteiger partial charge in [-0.15, -0.1) is 0 Å². The van der Waals surface area contributed by atoms with Crippen LogP contribution in [0.5, 0.6) is 0 Å². The Bertz CT molecular complexity index is 1070. The number of fused-ring (bicyclic) bond motifs is 1. The Kier molecular flexibility index (Phi) is 4.45. The van der Waals surface area contributed by atoms with E-state index in [1.165, 1.54) is 42.5 Å². The summed E-state index contributed by atoms with van der Waals surface area (Å²) >= 11 is 5.90. The maximum absolute atomic E-state index is 12.3. The van der Waals surface area contributed by atoms with Crippen molar-refractivity contribution in [2.75, 3.05) is 0 Å². The van der Waals surface area contributed by atoms with Gasteiger partial charge in [-0.25, -0.2) is 4.79 Å². The lowest BCUT2D eigenvalue weighted by Gasteiger charge is -2.00. The van der Waals surface area contributed by atoms with Crippen LogP contribution in [0.1, 0.15) is 15.9 Å². The summed E-state index contributed by atoms with van der Waals surface area (Å²) in [5.74, 6) is -0.533. The van der Waals surface area contributed by atoms with Crippen LogP contribution < -0.4 is 5.63 Å². The fourth-order valence-electron chi connectivity index (χ4n) is 2.23. The van der Waals surface area contributed by atoms with Gasteiger partial charge in [0.1, 0.15) is 11.1 Å². The molecule has 6 nitrogen and oxygen atoms in total. The molecule has 3 aromatic rings. The second-order valence-electron chi connectivity index (χ2n) is 5.18. The van der Waals surface area contributed by atoms with Gasteiger partial charge in [0.2, 0.25) is 0 Å². The van der Waals surface area contributed by atoms with Crippen molar-refractivity contribution in [3.05, 3.63) is 91.3 Å². The third-order valence-electron chi connectivity index (χ3n) is 3.49. The van der Waals surface area contributed by atoms with Crippen LogP contribution in [0, 0.1) is 10.1 Å². The molecule has 0 unspecified atom stereocenters. The molecule has 0 N–H and O–H groups in total. The average Bonchev–Trinajstić information content (AvgIpc) is 2.59. The standard InChI is InChI=1S/C18H10ClNO5/c19-13-4-8-17-12(9-13)10-15(18(22)25-17)16(21)7-3-11-1-5-14(6-2-11)20(23)24/h1-10H/b7-3+. The van der Waals surface area contributed by atoms with Gasteiger partial charge in [-0.3, -0.25) is 14.9 Å². The lowest BCUT2D eigenvalue weighted by molar-refractivity contribution is -0.384. The second-order valence-corrected chi connectivity index (χ2v) is 5.61. The highest BCUT2D eigenvalue weighted by atomic mass is 35.5. The Hall–Kier alpha value is -3.25. The molecule has 1 aromatic heterocycles. The molecule has 7 heteroatoms. The quantitative estimate of drug-likeness (QED) is 0.229. The summed E-state index contributed by atoms with van der Waals surface area (Å²) in [7, 11) is 0. The molecular weight excluding hydrogens is 346 g/mol. The Morgan fingerprint density at radius 1 is 1.12 bits per heavy atom. The number of rotatable bonds is 4. The first-order chi connectivity index (χ1) is 11.9. The molecule has 0 saturated heterocycles. The van der Waals surface area contributed by atoms with Gasteiger partial charge in [0.25, 0.3) is 5.69 Å². The van der Waals surface area contributed by atoms with Crippen molar-refractivity contribution in [2.24, 2.45) is 0 Å². The number of benzene rings is 2. The maximum Gasteiger partial charge on any atom is 0.347 e. The van der Waals surface area contributed by atoms with Gasteiger partial charge in [0.05, 0.1) is 4.92 Å². The molecule has 0 aliphatic heterocycles. The zero-order chi connectivity index (χ0) is 18.0. The Morgan fingerprint density at radius 3 is 2.52 bits per heavy atom. The molecule has 1 heterocycles. The number of ketones is 1. The minimum Gasteiger partial charge on any atom is -0.422 e. The third kappa shape index (κ3) is 3.64. The van der Waals surface area contributed by atoms with Crippen molar-refractivity contribution >= 4 is 40.1 Å². The monoisotopic (exact) mass is 355 g/mol. The van der Waals surface area contributed by atoms with Crippen molar-refractivity contribution in [1.29, 1.82) is 0 Å².